The summed E-state index contributed by atoms with van der Waals surface area (Å²) in [7, 11) is 1.43. The van der Waals surface area contributed by atoms with Gasteiger partial charge in [-0.2, -0.15) is 13.2 Å². The van der Waals surface area contributed by atoms with Crippen molar-refractivity contribution >= 4 is 11.2 Å². The van der Waals surface area contributed by atoms with Gasteiger partial charge in [0.15, 0.2) is 11.2 Å². The molecule has 0 aliphatic heterocycles. The summed E-state index contributed by atoms with van der Waals surface area (Å²) in [5.74, 6) is -0.497. The lowest BCUT2D eigenvalue weighted by Gasteiger charge is -2.13. The van der Waals surface area contributed by atoms with E-state index in [2.05, 4.69) is 4.98 Å². The normalized spacial score (nSPS) is 11.9. The number of hydrogen-bond donors (Lipinski definition) is 0. The third-order valence-corrected chi connectivity index (χ3v) is 5.14. The molecule has 0 spiro atoms. The summed E-state index contributed by atoms with van der Waals surface area (Å²) in [5.41, 5.74) is -1.13. The molecule has 172 valence electrons. The van der Waals surface area contributed by atoms with Gasteiger partial charge in [0, 0.05) is 13.7 Å². The molecule has 11 heteroatoms. The molecule has 0 aliphatic carbocycles. The fourth-order valence-corrected chi connectivity index (χ4v) is 3.50. The van der Waals surface area contributed by atoms with E-state index in [-0.39, 0.29) is 30.9 Å². The van der Waals surface area contributed by atoms with Gasteiger partial charge in [0.2, 0.25) is 0 Å². The predicted molar refractivity (Wildman–Crippen MR) is 112 cm³/mol. The smallest absolute Gasteiger partial charge is 0.383 e. The number of hydrogen-bond acceptors (Lipinski definition) is 4. The molecule has 0 N–H and O–H groups in total. The van der Waals surface area contributed by atoms with E-state index in [0.717, 1.165) is 16.7 Å². The minimum atomic E-state index is -4.46. The molecule has 0 aliphatic rings. The maximum atomic E-state index is 13.4. The molecule has 0 unspecified atom stereocenters. The van der Waals surface area contributed by atoms with Gasteiger partial charge in [-0.3, -0.25) is 9.36 Å². The number of benzene rings is 2. The van der Waals surface area contributed by atoms with Crippen molar-refractivity contribution in [3.63, 3.8) is 0 Å². The van der Waals surface area contributed by atoms with E-state index in [0.29, 0.717) is 11.3 Å². The Morgan fingerprint density at radius 2 is 1.67 bits per heavy atom. The van der Waals surface area contributed by atoms with Crippen molar-refractivity contribution in [1.29, 1.82) is 0 Å². The van der Waals surface area contributed by atoms with Crippen molar-refractivity contribution in [3.05, 3.63) is 92.6 Å². The molecule has 4 aromatic rings. The number of fused-ring (bicyclic) bond motifs is 1. The summed E-state index contributed by atoms with van der Waals surface area (Å²) in [5, 5.41) is 0. The summed E-state index contributed by atoms with van der Waals surface area (Å²) < 4.78 is 60.6. The van der Waals surface area contributed by atoms with Crippen LogP contribution in [0.25, 0.3) is 16.9 Å². The third kappa shape index (κ3) is 4.31. The highest BCUT2D eigenvalue weighted by atomic mass is 19.4. The van der Waals surface area contributed by atoms with E-state index in [1.165, 1.54) is 59.0 Å². The van der Waals surface area contributed by atoms with E-state index in [1.807, 2.05) is 0 Å². The van der Waals surface area contributed by atoms with E-state index in [9.17, 15) is 27.2 Å². The summed E-state index contributed by atoms with van der Waals surface area (Å²) in [6.07, 6.45) is -3.12. The largest absolute Gasteiger partial charge is 0.416 e. The van der Waals surface area contributed by atoms with Crippen LogP contribution in [0.4, 0.5) is 17.6 Å². The molecule has 2 heterocycles. The number of halogens is 4. The Kier molecular flexibility index (Phi) is 5.90. The van der Waals surface area contributed by atoms with Crippen LogP contribution in [0.3, 0.4) is 0 Å². The fourth-order valence-electron chi connectivity index (χ4n) is 3.50. The Morgan fingerprint density at radius 1 is 1.00 bits per heavy atom. The standard InChI is InChI=1S/C22H18F4N4O3/c1-33-11-10-29-20(31)18-19(30(21(29)32)17-8-6-16(23)7-9-17)27-13-28(18)12-14-2-4-15(5-3-14)22(24,25)26/h2-9,13H,10-12H2,1H3. The van der Waals surface area contributed by atoms with E-state index in [4.69, 9.17) is 4.74 Å². The lowest BCUT2D eigenvalue weighted by Crippen LogP contribution is -2.41. The number of imidazole rings is 1. The second-order valence-electron chi connectivity index (χ2n) is 7.28. The summed E-state index contributed by atoms with van der Waals surface area (Å²) in [6.45, 7) is 0.115. The van der Waals surface area contributed by atoms with Crippen LogP contribution >= 0.6 is 0 Å². The first-order valence-electron chi connectivity index (χ1n) is 9.82. The van der Waals surface area contributed by atoms with Gasteiger partial charge in [0.05, 0.1) is 30.7 Å². The van der Waals surface area contributed by atoms with Gasteiger partial charge in [-0.15, -0.1) is 0 Å². The van der Waals surface area contributed by atoms with Gasteiger partial charge in [0.1, 0.15) is 5.82 Å². The molecule has 33 heavy (non-hydrogen) atoms. The average molecular weight is 462 g/mol. The van der Waals surface area contributed by atoms with Gasteiger partial charge in [-0.05, 0) is 42.0 Å². The molecular formula is C22H18F4N4O3. The summed E-state index contributed by atoms with van der Waals surface area (Å²) in [4.78, 5) is 30.5. The number of aromatic nitrogens is 4. The molecule has 0 saturated heterocycles. The molecule has 2 aromatic heterocycles. The Bertz CT molecular complexity index is 1400. The SMILES string of the molecule is COCCn1c(=O)c2c(ncn2Cc2ccc(C(F)(F)F)cc2)n(-c2ccc(F)cc2)c1=O. The Morgan fingerprint density at radius 3 is 2.27 bits per heavy atom. The molecule has 4 rings (SSSR count). The fraction of sp³-hybridized carbons (Fsp3) is 0.227. The van der Waals surface area contributed by atoms with E-state index < -0.39 is 28.8 Å². The molecule has 0 fully saturated rings. The summed E-state index contributed by atoms with van der Waals surface area (Å²) in [6, 6.07) is 9.67. The van der Waals surface area contributed by atoms with Crippen LogP contribution in [0.5, 0.6) is 0 Å². The predicted octanol–water partition coefficient (Wildman–Crippen LogP) is 3.20. The molecule has 0 bridgehead atoms. The highest BCUT2D eigenvalue weighted by molar-refractivity contribution is 5.72. The van der Waals surface area contributed by atoms with Crippen molar-refractivity contribution in [2.24, 2.45) is 0 Å². The van der Waals surface area contributed by atoms with Gasteiger partial charge >= 0.3 is 11.9 Å². The average Bonchev–Trinajstić information content (AvgIpc) is 3.18. The highest BCUT2D eigenvalue weighted by Crippen LogP contribution is 2.29. The zero-order chi connectivity index (χ0) is 23.8. The second-order valence-corrected chi connectivity index (χ2v) is 7.28. The molecule has 0 radical (unpaired) electrons. The lowest BCUT2D eigenvalue weighted by molar-refractivity contribution is -0.137. The van der Waals surface area contributed by atoms with Crippen LogP contribution < -0.4 is 11.2 Å². The molecular weight excluding hydrogens is 444 g/mol. The minimum Gasteiger partial charge on any atom is -0.383 e. The first-order chi connectivity index (χ1) is 15.7. The maximum Gasteiger partial charge on any atom is 0.416 e. The molecule has 2 aromatic carbocycles. The Labute approximate surface area is 184 Å². The van der Waals surface area contributed by atoms with Crippen molar-refractivity contribution in [1.82, 2.24) is 18.7 Å². The van der Waals surface area contributed by atoms with Gasteiger partial charge in [0.25, 0.3) is 5.56 Å². The number of alkyl halides is 3. The molecule has 0 atom stereocenters. The monoisotopic (exact) mass is 462 g/mol. The number of nitrogens with zero attached hydrogens (tertiary/aromatic N) is 4. The zero-order valence-electron chi connectivity index (χ0n) is 17.3. The van der Waals surface area contributed by atoms with E-state index >= 15 is 0 Å². The zero-order valence-corrected chi connectivity index (χ0v) is 17.3. The quantitative estimate of drug-likeness (QED) is 0.413. The van der Waals surface area contributed by atoms with Crippen molar-refractivity contribution in [3.8, 4) is 5.69 Å². The number of rotatable bonds is 6. The first-order valence-corrected chi connectivity index (χ1v) is 9.82. The Balaban J connectivity index is 1.87. The maximum absolute atomic E-state index is 13.4. The number of ether oxygens (including phenoxy) is 1. The summed E-state index contributed by atoms with van der Waals surface area (Å²) >= 11 is 0. The van der Waals surface area contributed by atoms with Crippen LogP contribution in [0.2, 0.25) is 0 Å². The highest BCUT2D eigenvalue weighted by Gasteiger charge is 2.30. The van der Waals surface area contributed by atoms with Crippen LogP contribution in [-0.4, -0.2) is 32.4 Å². The third-order valence-electron chi connectivity index (χ3n) is 5.14. The van der Waals surface area contributed by atoms with Crippen molar-refractivity contribution in [2.45, 2.75) is 19.3 Å². The molecule has 7 nitrogen and oxygen atoms in total. The van der Waals surface area contributed by atoms with Gasteiger partial charge < -0.3 is 9.30 Å². The van der Waals surface area contributed by atoms with Gasteiger partial charge in [-0.25, -0.2) is 18.7 Å². The van der Waals surface area contributed by atoms with Crippen LogP contribution in [-0.2, 0) is 24.0 Å². The number of methoxy groups -OCH3 is 1. The lowest BCUT2D eigenvalue weighted by atomic mass is 10.1. The van der Waals surface area contributed by atoms with Crippen LogP contribution in [0.1, 0.15) is 11.1 Å². The van der Waals surface area contributed by atoms with Crippen LogP contribution in [0, 0.1) is 5.82 Å². The topological polar surface area (TPSA) is 71.1 Å². The Hall–Kier alpha value is -3.73. The van der Waals surface area contributed by atoms with E-state index in [1.54, 1.807) is 0 Å². The molecule has 0 saturated carbocycles. The van der Waals surface area contributed by atoms with Crippen molar-refractivity contribution in [2.75, 3.05) is 13.7 Å². The van der Waals surface area contributed by atoms with Gasteiger partial charge in [-0.1, -0.05) is 12.1 Å². The van der Waals surface area contributed by atoms with Crippen molar-refractivity contribution < 1.29 is 22.3 Å². The first kappa shape index (κ1) is 22.5. The molecule has 0 amide bonds. The van der Waals surface area contributed by atoms with Crippen LogP contribution in [0.15, 0.2) is 64.4 Å². The second kappa shape index (κ2) is 8.66. The minimum absolute atomic E-state index is 0.0310.